The summed E-state index contributed by atoms with van der Waals surface area (Å²) in [5.41, 5.74) is -2.53. The van der Waals surface area contributed by atoms with Crippen molar-refractivity contribution in [3.8, 4) is 6.07 Å². The minimum Gasteiger partial charge on any atom is -0.453 e. The van der Waals surface area contributed by atoms with E-state index in [1.807, 2.05) is 0 Å². The number of nitriles is 1. The van der Waals surface area contributed by atoms with Crippen molar-refractivity contribution in [2.24, 2.45) is 0 Å². The normalized spacial score (nSPS) is 18.9. The Labute approximate surface area is 292 Å². The van der Waals surface area contributed by atoms with Crippen LogP contribution in [-0.4, -0.2) is 63.0 Å². The lowest BCUT2D eigenvalue weighted by atomic mass is 10.0. The second kappa shape index (κ2) is 13.2. The van der Waals surface area contributed by atoms with Gasteiger partial charge in [-0.3, -0.25) is 9.69 Å². The smallest absolute Gasteiger partial charge is 0.417 e. The Bertz CT molecular complexity index is 2110. The van der Waals surface area contributed by atoms with Gasteiger partial charge in [-0.15, -0.1) is 0 Å². The molecule has 0 radical (unpaired) electrons. The highest BCUT2D eigenvalue weighted by atomic mass is 35.5. The molecular formula is C34H26ClF4N5O5S. The highest BCUT2D eigenvalue weighted by Crippen LogP contribution is 2.41. The molecule has 0 bridgehead atoms. The molecule has 2 aliphatic rings. The van der Waals surface area contributed by atoms with Crippen molar-refractivity contribution >= 4 is 63.1 Å². The first-order chi connectivity index (χ1) is 23.6. The van der Waals surface area contributed by atoms with Gasteiger partial charge >= 0.3 is 12.1 Å². The number of amides is 1. The lowest BCUT2D eigenvalue weighted by molar-refractivity contribution is -0.137. The fourth-order valence-corrected chi connectivity index (χ4v) is 6.60. The number of benzene rings is 3. The zero-order chi connectivity index (χ0) is 36.1. The van der Waals surface area contributed by atoms with E-state index in [2.05, 4.69) is 9.97 Å². The maximum absolute atomic E-state index is 15.8. The minimum absolute atomic E-state index is 0.0872. The number of carbonyl (C=O) groups is 2. The van der Waals surface area contributed by atoms with Crippen molar-refractivity contribution < 1.29 is 41.7 Å². The third-order valence-electron chi connectivity index (χ3n) is 8.41. The lowest BCUT2D eigenvalue weighted by Gasteiger charge is -2.29. The molecule has 4 aromatic rings. The van der Waals surface area contributed by atoms with Crippen LogP contribution in [0.2, 0.25) is 5.15 Å². The van der Waals surface area contributed by atoms with Gasteiger partial charge in [-0.1, -0.05) is 23.7 Å². The number of aliphatic hydroxyl groups is 1. The van der Waals surface area contributed by atoms with Crippen LogP contribution >= 0.6 is 23.8 Å². The van der Waals surface area contributed by atoms with Crippen LogP contribution in [0.5, 0.6) is 0 Å². The Morgan fingerprint density at radius 2 is 1.90 bits per heavy atom. The number of aryl methyl sites for hydroxylation is 2. The molecule has 2 saturated heterocycles. The molecule has 16 heteroatoms. The van der Waals surface area contributed by atoms with Crippen LogP contribution in [0.25, 0.3) is 10.9 Å². The van der Waals surface area contributed by atoms with E-state index in [1.165, 1.54) is 36.9 Å². The van der Waals surface area contributed by atoms with Crippen LogP contribution in [0.4, 0.5) is 28.9 Å². The maximum atomic E-state index is 15.8. The van der Waals surface area contributed by atoms with Gasteiger partial charge in [0.15, 0.2) is 17.0 Å². The standard InChI is InChI=1S/C34H26ClF4N5O5S/c1-33(2)31(47)43(20-8-7-19(14-40)23(12-20)34(37,38)39)32(50)44(33)21-11-22-28(24(36)13-21)41-27(42-29(22)35)9-6-17-4-3-5-18(10-17)30(46)49-26-16-48-15-25(26)45/h3-5,7-8,10-13,25-26,45H,6,9,15-16H2,1-2H3/t25-,26?/m1/s1. The van der Waals surface area contributed by atoms with Gasteiger partial charge in [-0.2, -0.15) is 18.4 Å². The summed E-state index contributed by atoms with van der Waals surface area (Å²) < 4.78 is 67.4. The molecule has 0 saturated carbocycles. The fraction of sp³-hybridized carbons (Fsp3) is 0.294. The Kier molecular flexibility index (Phi) is 9.25. The lowest BCUT2D eigenvalue weighted by Crippen LogP contribution is -2.44. The number of fused-ring (bicyclic) bond motifs is 1. The van der Waals surface area contributed by atoms with Crippen LogP contribution in [0.3, 0.4) is 0 Å². The second-order valence-corrected chi connectivity index (χ2v) is 12.9. The molecule has 50 heavy (non-hydrogen) atoms. The molecule has 0 spiro atoms. The summed E-state index contributed by atoms with van der Waals surface area (Å²) in [5.74, 6) is -1.89. The third kappa shape index (κ3) is 6.47. The Balaban J connectivity index is 1.25. The highest BCUT2D eigenvalue weighted by molar-refractivity contribution is 7.81. The molecule has 1 amide bonds. The average molecular weight is 728 g/mol. The number of aromatic nitrogens is 2. The number of hydrogen-bond acceptors (Lipinski definition) is 9. The van der Waals surface area contributed by atoms with Crippen molar-refractivity contribution in [2.45, 2.75) is 50.6 Å². The summed E-state index contributed by atoms with van der Waals surface area (Å²) in [7, 11) is 0. The summed E-state index contributed by atoms with van der Waals surface area (Å²) in [6.45, 7) is 3.17. The molecule has 2 aliphatic heterocycles. The minimum atomic E-state index is -4.87. The molecule has 10 nitrogen and oxygen atoms in total. The number of nitrogens with zero attached hydrogens (tertiary/aromatic N) is 5. The monoisotopic (exact) mass is 727 g/mol. The molecule has 3 heterocycles. The van der Waals surface area contributed by atoms with E-state index in [0.29, 0.717) is 12.5 Å². The van der Waals surface area contributed by atoms with Crippen LogP contribution in [0.1, 0.15) is 46.7 Å². The van der Waals surface area contributed by atoms with Gasteiger partial charge in [0.25, 0.3) is 5.91 Å². The SMILES string of the molecule is CC1(C)C(=O)N(c2ccc(C#N)c(C(F)(F)F)c2)C(=S)N1c1cc(F)c2nc(CCc3cccc(C(=O)OC4COC[C@H]4O)c3)nc(Cl)c2c1. The summed E-state index contributed by atoms with van der Waals surface area (Å²) in [6, 6.07) is 13.5. The molecular weight excluding hydrogens is 702 g/mol. The summed E-state index contributed by atoms with van der Waals surface area (Å²) in [4.78, 5) is 37.1. The van der Waals surface area contributed by atoms with Crippen LogP contribution in [0, 0.1) is 17.1 Å². The molecule has 6 rings (SSSR count). The first kappa shape index (κ1) is 35.1. The quantitative estimate of drug-likeness (QED) is 0.106. The summed E-state index contributed by atoms with van der Waals surface area (Å²) >= 11 is 12.1. The number of rotatable bonds is 7. The van der Waals surface area contributed by atoms with Crippen molar-refractivity contribution in [3.63, 3.8) is 0 Å². The molecule has 1 N–H and O–H groups in total. The maximum Gasteiger partial charge on any atom is 0.417 e. The molecule has 258 valence electrons. The van der Waals surface area contributed by atoms with E-state index in [0.717, 1.165) is 22.6 Å². The third-order valence-corrected chi connectivity index (χ3v) is 9.06. The number of thiocarbonyl (C=S) groups is 1. The predicted octanol–water partition coefficient (Wildman–Crippen LogP) is 5.93. The van der Waals surface area contributed by atoms with Gasteiger partial charge < -0.3 is 19.5 Å². The Morgan fingerprint density at radius 1 is 1.14 bits per heavy atom. The molecule has 2 fully saturated rings. The largest absolute Gasteiger partial charge is 0.453 e. The van der Waals surface area contributed by atoms with E-state index >= 15 is 4.39 Å². The van der Waals surface area contributed by atoms with E-state index in [1.54, 1.807) is 24.3 Å². The van der Waals surface area contributed by atoms with E-state index in [-0.39, 0.29) is 63.6 Å². The number of esters is 1. The second-order valence-electron chi connectivity index (χ2n) is 12.2. The Morgan fingerprint density at radius 3 is 2.58 bits per heavy atom. The molecule has 1 unspecified atom stereocenters. The van der Waals surface area contributed by atoms with Gasteiger partial charge in [0, 0.05) is 17.5 Å². The van der Waals surface area contributed by atoms with Crippen molar-refractivity contribution in [2.75, 3.05) is 23.0 Å². The number of alkyl halides is 3. The Hall–Kier alpha value is -4.75. The highest BCUT2D eigenvalue weighted by Gasteiger charge is 2.51. The van der Waals surface area contributed by atoms with Gasteiger partial charge in [0.2, 0.25) is 0 Å². The van der Waals surface area contributed by atoms with Crippen LogP contribution < -0.4 is 9.80 Å². The predicted molar refractivity (Wildman–Crippen MR) is 177 cm³/mol. The van der Waals surface area contributed by atoms with E-state index in [9.17, 15) is 33.1 Å². The zero-order valence-electron chi connectivity index (χ0n) is 26.3. The topological polar surface area (TPSA) is 129 Å². The number of halogens is 5. The number of aliphatic hydroxyl groups excluding tert-OH is 1. The first-order valence-corrected chi connectivity index (χ1v) is 15.9. The van der Waals surface area contributed by atoms with Gasteiger partial charge in [-0.05, 0) is 80.5 Å². The summed E-state index contributed by atoms with van der Waals surface area (Å²) in [5, 5.41) is 18.8. The van der Waals surface area contributed by atoms with Crippen molar-refractivity contribution in [3.05, 3.63) is 93.6 Å². The number of hydrogen-bond donors (Lipinski definition) is 1. The number of carbonyl (C=O) groups excluding carboxylic acids is 2. The summed E-state index contributed by atoms with van der Waals surface area (Å²) in [6.07, 6.45) is -5.94. The fourth-order valence-electron chi connectivity index (χ4n) is 5.83. The molecule has 2 atom stereocenters. The first-order valence-electron chi connectivity index (χ1n) is 15.1. The number of anilines is 2. The van der Waals surface area contributed by atoms with Gasteiger partial charge in [0.1, 0.15) is 28.1 Å². The number of ether oxygens (including phenoxy) is 2. The zero-order valence-corrected chi connectivity index (χ0v) is 27.9. The molecule has 1 aromatic heterocycles. The average Bonchev–Trinajstić information content (AvgIpc) is 3.54. The van der Waals surface area contributed by atoms with E-state index < -0.39 is 52.7 Å². The van der Waals surface area contributed by atoms with Crippen molar-refractivity contribution in [1.29, 1.82) is 5.26 Å². The van der Waals surface area contributed by atoms with Crippen LogP contribution in [-0.2, 0) is 33.3 Å². The van der Waals surface area contributed by atoms with Crippen LogP contribution in [0.15, 0.2) is 54.6 Å². The van der Waals surface area contributed by atoms with Gasteiger partial charge in [0.05, 0.1) is 41.7 Å². The van der Waals surface area contributed by atoms with Gasteiger partial charge in [-0.25, -0.2) is 19.2 Å². The van der Waals surface area contributed by atoms with E-state index in [4.69, 9.17) is 33.3 Å². The molecule has 3 aromatic carbocycles. The molecule has 0 aliphatic carbocycles. The van der Waals surface area contributed by atoms with Crippen molar-refractivity contribution in [1.82, 2.24) is 9.97 Å².